The molecule has 0 unspecified atom stereocenters. The van der Waals surface area contributed by atoms with Crippen LogP contribution < -0.4 is 0 Å². The molecular weight excluding hydrogens is 1170 g/mol. The van der Waals surface area contributed by atoms with E-state index in [9.17, 15) is 5.26 Å². The van der Waals surface area contributed by atoms with E-state index in [1.807, 2.05) is 243 Å². The molecule has 0 amide bonds. The molecule has 0 atom stereocenters. The zero-order valence-corrected chi connectivity index (χ0v) is 49.1. The molecule has 16 aromatic rings. The molecule has 0 radical (unpaired) electrons. The molecule has 12 heteroatoms. The van der Waals surface area contributed by atoms with Gasteiger partial charge in [-0.25, -0.2) is 22.0 Å². The van der Waals surface area contributed by atoms with Crippen LogP contribution in [0.1, 0.15) is 5.56 Å². The molecule has 6 aromatic heterocycles. The van der Waals surface area contributed by atoms with E-state index in [0.717, 1.165) is 89.5 Å². The molecule has 440 valence electrons. The number of halogens is 5. The van der Waals surface area contributed by atoms with Gasteiger partial charge in [0.05, 0.1) is 73.4 Å². The second kappa shape index (κ2) is 22.8. The molecule has 0 aliphatic heterocycles. The van der Waals surface area contributed by atoms with Crippen molar-refractivity contribution in [2.75, 3.05) is 0 Å². The summed E-state index contributed by atoms with van der Waals surface area (Å²) in [5.74, 6) is -10.7. The Balaban J connectivity index is 0.956. The average Bonchev–Trinajstić information content (AvgIpc) is 1.65. The largest absolute Gasteiger partial charge is 0.308 e. The normalized spacial score (nSPS) is 11.5. The molecule has 0 N–H and O–H groups in total. The molecule has 0 bridgehead atoms. The number of hydrogen-bond donors (Lipinski definition) is 0. The highest BCUT2D eigenvalue weighted by atomic mass is 19.2. The molecule has 93 heavy (non-hydrogen) atoms. The van der Waals surface area contributed by atoms with E-state index in [0.29, 0.717) is 43.6 Å². The minimum absolute atomic E-state index is 0.0300. The molecule has 7 nitrogen and oxygen atoms in total. The smallest absolute Gasteiger partial charge is 0.200 e. The zero-order valence-electron chi connectivity index (χ0n) is 49.1. The van der Waals surface area contributed by atoms with Gasteiger partial charge >= 0.3 is 0 Å². The zero-order chi connectivity index (χ0) is 62.8. The van der Waals surface area contributed by atoms with Crippen molar-refractivity contribution in [1.82, 2.24) is 29.1 Å². The molecule has 0 saturated carbocycles. The van der Waals surface area contributed by atoms with Crippen LogP contribution in [0.5, 0.6) is 0 Å². The highest BCUT2D eigenvalue weighted by Gasteiger charge is 2.33. The van der Waals surface area contributed by atoms with Crippen LogP contribution in [0.25, 0.3) is 156 Å². The second-order valence-corrected chi connectivity index (χ2v) is 22.7. The van der Waals surface area contributed by atoms with E-state index in [2.05, 4.69) is 6.07 Å². The van der Waals surface area contributed by atoms with Crippen molar-refractivity contribution in [1.29, 1.82) is 5.26 Å². The van der Waals surface area contributed by atoms with Crippen LogP contribution in [0.3, 0.4) is 0 Å². The summed E-state index contributed by atoms with van der Waals surface area (Å²) in [6.45, 7) is 0. The summed E-state index contributed by atoms with van der Waals surface area (Å²) in [5.41, 5.74) is 13.6. The molecule has 6 heterocycles. The fraction of sp³-hybridized carbons (Fsp3) is 0. The molecule has 0 saturated heterocycles. The summed E-state index contributed by atoms with van der Waals surface area (Å²) < 4.78 is 86.5. The van der Waals surface area contributed by atoms with Gasteiger partial charge in [0.2, 0.25) is 5.82 Å². The van der Waals surface area contributed by atoms with Crippen molar-refractivity contribution >= 4 is 43.6 Å². The van der Waals surface area contributed by atoms with Crippen molar-refractivity contribution < 1.29 is 22.0 Å². The van der Waals surface area contributed by atoms with E-state index in [1.165, 1.54) is 12.1 Å². The lowest BCUT2D eigenvalue weighted by Crippen LogP contribution is -2.10. The third kappa shape index (κ3) is 9.74. The summed E-state index contributed by atoms with van der Waals surface area (Å²) in [5, 5.41) is 13.9. The number of rotatable bonds is 11. The molecular formula is C81H46F5N7. The molecule has 0 aliphatic rings. The first-order chi connectivity index (χ1) is 45.6. The van der Waals surface area contributed by atoms with Gasteiger partial charge in [-0.15, -0.1) is 0 Å². The summed E-state index contributed by atoms with van der Waals surface area (Å²) in [6, 6.07) is 83.3. The van der Waals surface area contributed by atoms with Gasteiger partial charge in [-0.2, -0.15) is 5.26 Å². The van der Waals surface area contributed by atoms with Gasteiger partial charge in [0.25, 0.3) is 0 Å². The van der Waals surface area contributed by atoms with E-state index >= 15 is 22.0 Å². The summed E-state index contributed by atoms with van der Waals surface area (Å²) >= 11 is 0. The monoisotopic (exact) mass is 1210 g/mol. The fourth-order valence-corrected chi connectivity index (χ4v) is 12.8. The maximum absolute atomic E-state index is 17.5. The van der Waals surface area contributed by atoms with Gasteiger partial charge in [-0.1, -0.05) is 170 Å². The van der Waals surface area contributed by atoms with Crippen LogP contribution in [0, 0.1) is 40.4 Å². The van der Waals surface area contributed by atoms with Crippen molar-refractivity contribution in [2.45, 2.75) is 0 Å². The van der Waals surface area contributed by atoms with E-state index in [1.54, 1.807) is 33.9 Å². The third-order valence-corrected chi connectivity index (χ3v) is 17.4. The number of aromatic nitrogens is 6. The Labute approximate surface area is 529 Å². The minimum atomic E-state index is -2.31. The van der Waals surface area contributed by atoms with E-state index in [-0.39, 0.29) is 22.5 Å². The van der Waals surface area contributed by atoms with E-state index in [4.69, 9.17) is 19.9 Å². The predicted octanol–water partition coefficient (Wildman–Crippen LogP) is 21.0. The number of nitriles is 1. The first kappa shape index (κ1) is 55.8. The van der Waals surface area contributed by atoms with Crippen LogP contribution >= 0.6 is 0 Å². The lowest BCUT2D eigenvalue weighted by molar-refractivity contribution is 0.381. The molecule has 10 aromatic carbocycles. The quantitative estimate of drug-likeness (QED) is 0.0732. The van der Waals surface area contributed by atoms with Crippen LogP contribution in [0.4, 0.5) is 22.0 Å². The van der Waals surface area contributed by atoms with Crippen LogP contribution in [0.2, 0.25) is 0 Å². The lowest BCUT2D eigenvalue weighted by atomic mass is 9.96. The molecule has 0 aliphatic carbocycles. The first-order valence-corrected chi connectivity index (χ1v) is 30.0. The van der Waals surface area contributed by atoms with Crippen LogP contribution in [-0.2, 0) is 0 Å². The average molecular weight is 1210 g/mol. The third-order valence-electron chi connectivity index (χ3n) is 17.4. The lowest BCUT2D eigenvalue weighted by Gasteiger charge is -2.22. The number of hydrogen-bond acceptors (Lipinski definition) is 5. The topological polar surface area (TPSA) is 85.2 Å². The minimum Gasteiger partial charge on any atom is -0.308 e. The van der Waals surface area contributed by atoms with Crippen LogP contribution in [0.15, 0.2) is 280 Å². The number of benzene rings is 10. The predicted molar refractivity (Wildman–Crippen MR) is 360 cm³/mol. The van der Waals surface area contributed by atoms with Gasteiger partial charge in [-0.05, 0) is 107 Å². The highest BCUT2D eigenvalue weighted by Crippen LogP contribution is 2.47. The van der Waals surface area contributed by atoms with Gasteiger partial charge < -0.3 is 9.13 Å². The van der Waals surface area contributed by atoms with Gasteiger partial charge in [0.15, 0.2) is 23.3 Å². The maximum atomic E-state index is 17.5. The van der Waals surface area contributed by atoms with Crippen molar-refractivity contribution in [3.63, 3.8) is 0 Å². The molecule has 16 rings (SSSR count). The molecule has 0 spiro atoms. The van der Waals surface area contributed by atoms with Crippen molar-refractivity contribution in [2.24, 2.45) is 0 Å². The Bertz CT molecular complexity index is 5020. The van der Waals surface area contributed by atoms with Gasteiger partial charge in [0.1, 0.15) is 0 Å². The maximum Gasteiger partial charge on any atom is 0.200 e. The molecule has 0 fully saturated rings. The first-order valence-electron chi connectivity index (χ1n) is 30.0. The van der Waals surface area contributed by atoms with E-state index < -0.39 is 34.6 Å². The van der Waals surface area contributed by atoms with Crippen molar-refractivity contribution in [3.05, 3.63) is 314 Å². The Kier molecular flexibility index (Phi) is 13.7. The number of fused-ring (bicyclic) bond motifs is 6. The standard InChI is InChI=1S/C81H46F5N7/c82-77-76(78(83)80(85)81(86)79(77)84)75-73(92-69-33-25-53(57-21-29-65(88-44-57)49-13-5-1-6-14-49)39-61(69)62-40-54(26-34-70(62)92)58-22-30-66(89-45-58)50-15-7-2-8-16-50)37-48(43-87)38-74(75)93-71-35-27-55(59-23-31-67(90-46-59)51-17-9-3-10-18-51)41-63(71)64-42-56(28-36-72(64)93)60-24-32-68(91-47-60)52-19-11-4-12-20-52/h1-42,44-47H. The summed E-state index contributed by atoms with van der Waals surface area (Å²) in [6.07, 6.45) is 7.19. The Morgan fingerprint density at radius 2 is 0.516 bits per heavy atom. The number of pyridine rings is 4. The SMILES string of the molecule is N#Cc1cc(-n2c3ccc(-c4ccc(-c5ccccc5)nc4)cc3c3cc(-c4ccc(-c5ccccc5)nc4)ccc32)c(-c2c(F)c(F)c(F)c(F)c2F)c(-n2c3ccc(-c4ccc(-c5ccccc5)nc4)cc3c3cc(-c4ccc(-c5ccccc5)nc4)ccc32)c1. The highest BCUT2D eigenvalue weighted by molar-refractivity contribution is 6.14. The summed E-state index contributed by atoms with van der Waals surface area (Å²) in [4.78, 5) is 19.4. The fourth-order valence-electron chi connectivity index (χ4n) is 12.8. The number of nitrogens with zero attached hydrogens (tertiary/aromatic N) is 7. The Morgan fingerprint density at radius 3 is 0.763 bits per heavy atom. The second-order valence-electron chi connectivity index (χ2n) is 22.7. The van der Waals surface area contributed by atoms with Gasteiger partial charge in [-0.3, -0.25) is 19.9 Å². The van der Waals surface area contributed by atoms with Crippen LogP contribution in [-0.4, -0.2) is 29.1 Å². The van der Waals surface area contributed by atoms with Crippen molar-refractivity contribution in [3.8, 4) is 118 Å². The Hall–Kier alpha value is -12.5. The summed E-state index contributed by atoms with van der Waals surface area (Å²) in [7, 11) is 0. The van der Waals surface area contributed by atoms with Gasteiger partial charge in [0, 0.05) is 96.4 Å². The Morgan fingerprint density at radius 1 is 0.258 bits per heavy atom.